The number of aromatic nitrogens is 1. The van der Waals surface area contributed by atoms with Crippen molar-refractivity contribution in [3.8, 4) is 0 Å². The lowest BCUT2D eigenvalue weighted by atomic mass is 9.90. The van der Waals surface area contributed by atoms with Crippen LogP contribution in [0.3, 0.4) is 0 Å². The Hall–Kier alpha value is -1.61. The minimum absolute atomic E-state index is 0.402. The van der Waals surface area contributed by atoms with Gasteiger partial charge in [-0.1, -0.05) is 25.1 Å². The molecule has 0 unspecified atom stereocenters. The van der Waals surface area contributed by atoms with Gasteiger partial charge in [0.1, 0.15) is 0 Å². The number of fused-ring (bicyclic) bond motifs is 1. The van der Waals surface area contributed by atoms with Crippen molar-refractivity contribution < 1.29 is 0 Å². The lowest BCUT2D eigenvalue weighted by Crippen LogP contribution is -2.41. The molecule has 1 aliphatic carbocycles. The second kappa shape index (κ2) is 6.44. The Kier molecular flexibility index (Phi) is 4.39. The molecule has 1 aliphatic rings. The molecule has 1 fully saturated rings. The lowest BCUT2D eigenvalue weighted by molar-refractivity contribution is 0.375. The molecule has 1 heterocycles. The number of rotatable bonds is 4. The fraction of sp³-hybridized carbons (Fsp3) is 0.500. The Labute approximate surface area is 127 Å². The van der Waals surface area contributed by atoms with E-state index in [4.69, 9.17) is 5.73 Å². The van der Waals surface area contributed by atoms with Gasteiger partial charge in [0.05, 0.1) is 5.52 Å². The van der Waals surface area contributed by atoms with Gasteiger partial charge in [0, 0.05) is 35.9 Å². The minimum Gasteiger partial charge on any atom is -0.368 e. The van der Waals surface area contributed by atoms with Crippen molar-refractivity contribution in [3.63, 3.8) is 0 Å². The molecule has 3 nitrogen and oxygen atoms in total. The first-order valence-electron chi connectivity index (χ1n) is 8.15. The maximum absolute atomic E-state index is 6.07. The van der Waals surface area contributed by atoms with Gasteiger partial charge in [-0.05, 0) is 44.2 Å². The molecule has 0 amide bonds. The summed E-state index contributed by atoms with van der Waals surface area (Å²) in [6.07, 6.45) is 7.81. The van der Waals surface area contributed by atoms with E-state index < -0.39 is 0 Å². The summed E-state index contributed by atoms with van der Waals surface area (Å²) in [5.41, 5.74) is 8.49. The second-order valence-electron chi connectivity index (χ2n) is 6.11. The number of hydrogen-bond donors (Lipinski definition) is 1. The zero-order valence-corrected chi connectivity index (χ0v) is 12.8. The standard InChI is InChI=1S/C18H25N3/c1-2-13-21(15-9-7-14(19)8-10-15)18-11-12-20-17-6-4-3-5-16(17)18/h3-6,11-12,14-15H,2,7-10,13,19H2,1H3. The van der Waals surface area contributed by atoms with Crippen molar-refractivity contribution >= 4 is 16.6 Å². The maximum Gasteiger partial charge on any atom is 0.0722 e. The molecule has 1 aromatic carbocycles. The predicted octanol–water partition coefficient (Wildman–Crippen LogP) is 3.72. The van der Waals surface area contributed by atoms with Gasteiger partial charge in [-0.2, -0.15) is 0 Å². The topological polar surface area (TPSA) is 42.2 Å². The third-order valence-electron chi connectivity index (χ3n) is 4.58. The number of pyridine rings is 1. The van der Waals surface area contributed by atoms with E-state index in [0.717, 1.165) is 24.9 Å². The molecule has 0 radical (unpaired) electrons. The number of anilines is 1. The average Bonchev–Trinajstić information content (AvgIpc) is 2.53. The highest BCUT2D eigenvalue weighted by Gasteiger charge is 2.25. The first-order valence-corrected chi connectivity index (χ1v) is 8.15. The van der Waals surface area contributed by atoms with E-state index in [1.165, 1.54) is 30.3 Å². The van der Waals surface area contributed by atoms with E-state index in [0.29, 0.717) is 12.1 Å². The fourth-order valence-corrected chi connectivity index (χ4v) is 3.49. The van der Waals surface area contributed by atoms with Gasteiger partial charge >= 0.3 is 0 Å². The Morgan fingerprint density at radius 1 is 1.14 bits per heavy atom. The molecule has 3 heteroatoms. The van der Waals surface area contributed by atoms with E-state index >= 15 is 0 Å². The average molecular weight is 283 g/mol. The van der Waals surface area contributed by atoms with Crippen molar-refractivity contribution in [1.29, 1.82) is 0 Å². The van der Waals surface area contributed by atoms with Crippen LogP contribution in [-0.2, 0) is 0 Å². The molecule has 0 spiro atoms. The van der Waals surface area contributed by atoms with Crippen LogP contribution in [0.1, 0.15) is 39.0 Å². The molecular weight excluding hydrogens is 258 g/mol. The molecular formula is C18H25N3. The van der Waals surface area contributed by atoms with E-state index in [2.05, 4.69) is 47.1 Å². The Morgan fingerprint density at radius 2 is 1.90 bits per heavy atom. The molecule has 2 aromatic rings. The molecule has 3 rings (SSSR count). The third kappa shape index (κ3) is 3.03. The van der Waals surface area contributed by atoms with Crippen LogP contribution in [-0.4, -0.2) is 23.6 Å². The van der Waals surface area contributed by atoms with Gasteiger partial charge in [-0.3, -0.25) is 4.98 Å². The van der Waals surface area contributed by atoms with Crippen molar-refractivity contribution in [2.75, 3.05) is 11.4 Å². The smallest absolute Gasteiger partial charge is 0.0722 e. The zero-order chi connectivity index (χ0) is 14.7. The first kappa shape index (κ1) is 14.3. The normalized spacial score (nSPS) is 22.4. The number of nitrogens with two attached hydrogens (primary N) is 1. The number of benzene rings is 1. The highest BCUT2D eigenvalue weighted by molar-refractivity contribution is 5.91. The highest BCUT2D eigenvalue weighted by atomic mass is 15.2. The quantitative estimate of drug-likeness (QED) is 0.930. The Balaban J connectivity index is 1.95. The van der Waals surface area contributed by atoms with Crippen molar-refractivity contribution in [3.05, 3.63) is 36.5 Å². The molecule has 2 N–H and O–H groups in total. The van der Waals surface area contributed by atoms with Crippen LogP contribution in [0.4, 0.5) is 5.69 Å². The largest absolute Gasteiger partial charge is 0.368 e. The van der Waals surface area contributed by atoms with Crippen LogP contribution in [0, 0.1) is 0 Å². The summed E-state index contributed by atoms with van der Waals surface area (Å²) in [6.45, 7) is 3.36. The third-order valence-corrected chi connectivity index (χ3v) is 4.58. The lowest BCUT2D eigenvalue weighted by Gasteiger charge is -2.38. The van der Waals surface area contributed by atoms with Crippen LogP contribution >= 0.6 is 0 Å². The van der Waals surface area contributed by atoms with Gasteiger partial charge in [0.25, 0.3) is 0 Å². The van der Waals surface area contributed by atoms with Crippen LogP contribution < -0.4 is 10.6 Å². The molecule has 1 aromatic heterocycles. The van der Waals surface area contributed by atoms with Crippen LogP contribution in [0.2, 0.25) is 0 Å². The van der Waals surface area contributed by atoms with Crippen LogP contribution in [0.25, 0.3) is 10.9 Å². The molecule has 1 saturated carbocycles. The van der Waals surface area contributed by atoms with Crippen molar-refractivity contribution in [2.24, 2.45) is 5.73 Å². The molecule has 21 heavy (non-hydrogen) atoms. The predicted molar refractivity (Wildman–Crippen MR) is 89.6 cm³/mol. The van der Waals surface area contributed by atoms with Gasteiger partial charge in [0.15, 0.2) is 0 Å². The summed E-state index contributed by atoms with van der Waals surface area (Å²) in [6, 6.07) is 11.6. The van der Waals surface area contributed by atoms with Crippen LogP contribution in [0.5, 0.6) is 0 Å². The molecule has 0 bridgehead atoms. The summed E-state index contributed by atoms with van der Waals surface area (Å²) < 4.78 is 0. The van der Waals surface area contributed by atoms with Gasteiger partial charge in [-0.25, -0.2) is 0 Å². The number of nitrogens with zero attached hydrogens (tertiary/aromatic N) is 2. The monoisotopic (exact) mass is 283 g/mol. The van der Waals surface area contributed by atoms with Crippen molar-refractivity contribution in [1.82, 2.24) is 4.98 Å². The van der Waals surface area contributed by atoms with Gasteiger partial charge < -0.3 is 10.6 Å². The van der Waals surface area contributed by atoms with Gasteiger partial charge in [-0.15, -0.1) is 0 Å². The van der Waals surface area contributed by atoms with Crippen LogP contribution in [0.15, 0.2) is 36.5 Å². The summed E-state index contributed by atoms with van der Waals surface area (Å²) >= 11 is 0. The molecule has 112 valence electrons. The van der Waals surface area contributed by atoms with E-state index in [-0.39, 0.29) is 0 Å². The first-order chi connectivity index (χ1) is 10.3. The van der Waals surface area contributed by atoms with E-state index in [1.807, 2.05) is 6.20 Å². The molecule has 0 atom stereocenters. The Morgan fingerprint density at radius 3 is 2.67 bits per heavy atom. The fourth-order valence-electron chi connectivity index (χ4n) is 3.49. The van der Waals surface area contributed by atoms with E-state index in [9.17, 15) is 0 Å². The minimum atomic E-state index is 0.402. The van der Waals surface area contributed by atoms with E-state index in [1.54, 1.807) is 0 Å². The molecule has 0 saturated heterocycles. The Bertz CT molecular complexity index is 583. The van der Waals surface area contributed by atoms with Crippen molar-refractivity contribution in [2.45, 2.75) is 51.1 Å². The highest BCUT2D eigenvalue weighted by Crippen LogP contribution is 2.31. The zero-order valence-electron chi connectivity index (χ0n) is 12.8. The summed E-state index contributed by atoms with van der Waals surface area (Å²) in [4.78, 5) is 7.09. The number of hydrogen-bond acceptors (Lipinski definition) is 3. The summed E-state index contributed by atoms with van der Waals surface area (Å²) in [5, 5.41) is 1.27. The van der Waals surface area contributed by atoms with Gasteiger partial charge in [0.2, 0.25) is 0 Å². The number of para-hydroxylation sites is 1. The summed E-state index contributed by atoms with van der Waals surface area (Å²) in [7, 11) is 0. The second-order valence-corrected chi connectivity index (χ2v) is 6.11. The SMILES string of the molecule is CCCN(c1ccnc2ccccc12)C1CCC(N)CC1. The maximum atomic E-state index is 6.07. The summed E-state index contributed by atoms with van der Waals surface area (Å²) in [5.74, 6) is 0. The molecule has 0 aliphatic heterocycles.